The maximum Gasteiger partial charge on any atom is 0.422 e. The van der Waals surface area contributed by atoms with Gasteiger partial charge in [0.2, 0.25) is 10.0 Å². The minimum Gasteiger partial charge on any atom is -0.478 e. The predicted molar refractivity (Wildman–Crippen MR) is 115 cm³/mol. The number of aromatic nitrogens is 3. The largest absolute Gasteiger partial charge is 0.478 e. The second kappa shape index (κ2) is 9.46. The second-order valence-corrected chi connectivity index (χ2v) is 9.84. The highest BCUT2D eigenvalue weighted by Gasteiger charge is 2.29. The quantitative estimate of drug-likeness (QED) is 0.462. The number of rotatable bonds is 9. The van der Waals surface area contributed by atoms with E-state index in [4.69, 9.17) is 9.47 Å². The normalized spacial score (nSPS) is 12.5. The number of sulfonamides is 1. The van der Waals surface area contributed by atoms with Crippen molar-refractivity contribution in [3.63, 3.8) is 0 Å². The number of nitrogens with zero attached hydrogens (tertiary/aromatic N) is 3. The number of nitrogens with one attached hydrogen (secondary N) is 2. The summed E-state index contributed by atoms with van der Waals surface area (Å²) in [4.78, 5) is 16.5. The molecule has 1 amide bonds. The number of hydrogen-bond donors (Lipinski definition) is 2. The van der Waals surface area contributed by atoms with Crippen molar-refractivity contribution in [3.05, 3.63) is 48.4 Å². The molecule has 0 fully saturated rings. The average molecular weight is 501 g/mol. The zero-order valence-corrected chi connectivity index (χ0v) is 19.2. The molecule has 0 aromatic carbocycles. The number of halogens is 3. The molecule has 0 bridgehead atoms. The molecule has 3 rings (SSSR count). The minimum atomic E-state index is -4.52. The summed E-state index contributed by atoms with van der Waals surface area (Å²) in [5.74, 6) is -0.640. The SMILES string of the molecule is CC(C)(CNS(C)(=O)=O)NC(=O)c1cc2cc(Oc3ncccc3OCC(F)(F)F)ccn2n1. The lowest BCUT2D eigenvalue weighted by Crippen LogP contribution is -2.51. The van der Waals surface area contributed by atoms with Gasteiger partial charge in [-0.25, -0.2) is 22.6 Å². The third-order valence-corrected chi connectivity index (χ3v) is 4.91. The molecule has 3 aromatic heterocycles. The van der Waals surface area contributed by atoms with Crippen molar-refractivity contribution in [2.24, 2.45) is 0 Å². The van der Waals surface area contributed by atoms with E-state index >= 15 is 0 Å². The third-order valence-electron chi connectivity index (χ3n) is 4.24. The summed E-state index contributed by atoms with van der Waals surface area (Å²) in [6.07, 6.45) is -0.661. The maximum absolute atomic E-state index is 12.6. The van der Waals surface area contributed by atoms with Gasteiger partial charge in [0.15, 0.2) is 18.1 Å². The number of amides is 1. The van der Waals surface area contributed by atoms with Crippen LogP contribution in [0.4, 0.5) is 13.2 Å². The van der Waals surface area contributed by atoms with E-state index in [1.165, 1.54) is 47.2 Å². The molecule has 14 heteroatoms. The van der Waals surface area contributed by atoms with Crippen LogP contribution in [0.1, 0.15) is 24.3 Å². The Hall–Kier alpha value is -3.39. The lowest BCUT2D eigenvalue weighted by atomic mass is 10.1. The molecule has 0 saturated carbocycles. The fourth-order valence-corrected chi connectivity index (χ4v) is 3.33. The van der Waals surface area contributed by atoms with Crippen LogP contribution in [-0.2, 0) is 10.0 Å². The molecule has 0 atom stereocenters. The average Bonchev–Trinajstić information content (AvgIpc) is 3.14. The van der Waals surface area contributed by atoms with E-state index in [0.29, 0.717) is 5.52 Å². The summed E-state index contributed by atoms with van der Waals surface area (Å²) in [6.45, 7) is 1.78. The van der Waals surface area contributed by atoms with Gasteiger partial charge < -0.3 is 14.8 Å². The van der Waals surface area contributed by atoms with Crippen LogP contribution in [0.3, 0.4) is 0 Å². The molecule has 0 spiro atoms. The first-order chi connectivity index (χ1) is 15.7. The van der Waals surface area contributed by atoms with Crippen LogP contribution in [0.25, 0.3) is 5.52 Å². The summed E-state index contributed by atoms with van der Waals surface area (Å²) in [6, 6.07) is 7.19. The summed E-state index contributed by atoms with van der Waals surface area (Å²) >= 11 is 0. The van der Waals surface area contributed by atoms with Crippen LogP contribution >= 0.6 is 0 Å². The van der Waals surface area contributed by atoms with Crippen LogP contribution in [0, 0.1) is 0 Å². The molecule has 3 aromatic rings. The molecule has 0 aliphatic rings. The Morgan fingerprint density at radius 2 is 1.94 bits per heavy atom. The zero-order valence-electron chi connectivity index (χ0n) is 18.4. The second-order valence-electron chi connectivity index (χ2n) is 8.01. The van der Waals surface area contributed by atoms with Gasteiger partial charge in [-0.05, 0) is 38.1 Å². The molecule has 2 N–H and O–H groups in total. The van der Waals surface area contributed by atoms with Crippen molar-refractivity contribution in [2.75, 3.05) is 19.4 Å². The van der Waals surface area contributed by atoms with Crippen molar-refractivity contribution < 1.29 is 35.9 Å². The number of pyridine rings is 2. The molecule has 0 unspecified atom stereocenters. The van der Waals surface area contributed by atoms with Gasteiger partial charge in [-0.15, -0.1) is 0 Å². The van der Waals surface area contributed by atoms with Gasteiger partial charge in [0.25, 0.3) is 11.8 Å². The molecule has 3 heterocycles. The zero-order chi connectivity index (χ0) is 25.1. The fourth-order valence-electron chi connectivity index (χ4n) is 2.71. The van der Waals surface area contributed by atoms with Crippen LogP contribution in [0.15, 0.2) is 42.7 Å². The number of carbonyl (C=O) groups is 1. The molecular weight excluding hydrogens is 479 g/mol. The van der Waals surface area contributed by atoms with Gasteiger partial charge in [0.05, 0.1) is 11.8 Å². The highest BCUT2D eigenvalue weighted by atomic mass is 32.2. The third kappa shape index (κ3) is 7.31. The molecule has 0 aliphatic carbocycles. The Balaban J connectivity index is 1.74. The van der Waals surface area contributed by atoms with Crippen molar-refractivity contribution in [1.29, 1.82) is 0 Å². The molecule has 0 aliphatic heterocycles. The standard InChI is InChI=1S/C20H22F3N5O5S/c1-19(2,11-25-34(3,30)31)26-17(29)15-10-13-9-14(6-8-28(13)27-15)33-18-16(5-4-7-24-18)32-12-20(21,22)23/h4-10,25H,11-12H2,1-3H3,(H,26,29). The first-order valence-corrected chi connectivity index (χ1v) is 11.7. The van der Waals surface area contributed by atoms with E-state index in [9.17, 15) is 26.4 Å². The predicted octanol–water partition coefficient (Wildman–Crippen LogP) is 2.52. The number of fused-ring (bicyclic) bond motifs is 1. The lowest BCUT2D eigenvalue weighted by molar-refractivity contribution is -0.153. The van der Waals surface area contributed by atoms with Crippen molar-refractivity contribution in [1.82, 2.24) is 24.6 Å². The number of hydrogen-bond acceptors (Lipinski definition) is 7. The van der Waals surface area contributed by atoms with Gasteiger partial charge in [-0.2, -0.15) is 18.3 Å². The van der Waals surface area contributed by atoms with E-state index in [1.54, 1.807) is 13.8 Å². The van der Waals surface area contributed by atoms with Crippen molar-refractivity contribution >= 4 is 21.4 Å². The number of ether oxygens (including phenoxy) is 2. The molecular formula is C20H22F3N5O5S. The minimum absolute atomic E-state index is 0.0221. The van der Waals surface area contributed by atoms with E-state index < -0.39 is 34.3 Å². The van der Waals surface area contributed by atoms with E-state index in [-0.39, 0.29) is 29.6 Å². The Labute approximate surface area is 193 Å². The van der Waals surface area contributed by atoms with E-state index in [2.05, 4.69) is 20.1 Å². The summed E-state index contributed by atoms with van der Waals surface area (Å²) < 4.78 is 74.1. The molecule has 0 radical (unpaired) electrons. The summed E-state index contributed by atoms with van der Waals surface area (Å²) in [5, 5.41) is 6.88. The Bertz CT molecular complexity index is 1290. The van der Waals surface area contributed by atoms with Gasteiger partial charge in [-0.3, -0.25) is 4.79 Å². The first kappa shape index (κ1) is 25.2. The van der Waals surface area contributed by atoms with Crippen molar-refractivity contribution in [3.8, 4) is 17.4 Å². The van der Waals surface area contributed by atoms with Crippen LogP contribution in [0.2, 0.25) is 0 Å². The highest BCUT2D eigenvalue weighted by molar-refractivity contribution is 7.88. The summed E-state index contributed by atoms with van der Waals surface area (Å²) in [5.41, 5.74) is -0.365. The van der Waals surface area contributed by atoms with Gasteiger partial charge in [-0.1, -0.05) is 0 Å². The van der Waals surface area contributed by atoms with E-state index in [1.807, 2.05) is 0 Å². The topological polar surface area (TPSA) is 124 Å². The van der Waals surface area contributed by atoms with Gasteiger partial charge in [0, 0.05) is 30.5 Å². The fraction of sp³-hybridized carbons (Fsp3) is 0.350. The van der Waals surface area contributed by atoms with Gasteiger partial charge in [0.1, 0.15) is 5.75 Å². The summed E-state index contributed by atoms with van der Waals surface area (Å²) in [7, 11) is -3.43. The monoisotopic (exact) mass is 501 g/mol. The van der Waals surface area contributed by atoms with Crippen LogP contribution in [0.5, 0.6) is 17.4 Å². The van der Waals surface area contributed by atoms with Gasteiger partial charge >= 0.3 is 6.18 Å². The van der Waals surface area contributed by atoms with Crippen LogP contribution < -0.4 is 19.5 Å². The molecule has 10 nitrogen and oxygen atoms in total. The van der Waals surface area contributed by atoms with Crippen molar-refractivity contribution in [2.45, 2.75) is 25.6 Å². The smallest absolute Gasteiger partial charge is 0.422 e. The Morgan fingerprint density at radius 1 is 1.21 bits per heavy atom. The Morgan fingerprint density at radius 3 is 2.62 bits per heavy atom. The molecule has 184 valence electrons. The Kier molecular flexibility index (Phi) is 7.02. The molecule has 34 heavy (non-hydrogen) atoms. The number of alkyl halides is 3. The first-order valence-electron chi connectivity index (χ1n) is 9.80. The highest BCUT2D eigenvalue weighted by Crippen LogP contribution is 2.30. The van der Waals surface area contributed by atoms with Crippen LogP contribution in [-0.4, -0.2) is 60.0 Å². The van der Waals surface area contributed by atoms with E-state index in [0.717, 1.165) is 6.26 Å². The lowest BCUT2D eigenvalue weighted by Gasteiger charge is -2.25. The maximum atomic E-state index is 12.6. The number of carbonyl (C=O) groups excluding carboxylic acids is 1. The molecule has 0 saturated heterocycles.